The number of nitrogens with one attached hydrogen (secondary N) is 1. The fraction of sp³-hybridized carbons (Fsp3) is 0.0968. The van der Waals surface area contributed by atoms with Crippen LogP contribution in [0.2, 0.25) is 0 Å². The van der Waals surface area contributed by atoms with Crippen LogP contribution in [0, 0.1) is 6.92 Å². The molecule has 0 bridgehead atoms. The Bertz CT molecular complexity index is 1520. The van der Waals surface area contributed by atoms with E-state index < -0.39 is 0 Å². The number of hydrogen-bond acceptors (Lipinski definition) is 5. The number of thiocarbonyl (C=S) groups is 1. The first-order valence-corrected chi connectivity index (χ1v) is 13.5. The molecule has 1 N–H and O–H groups in total. The lowest BCUT2D eigenvalue weighted by molar-refractivity contribution is 0.383. The molecule has 1 fully saturated rings. The van der Waals surface area contributed by atoms with Crippen LogP contribution in [0.3, 0.4) is 0 Å². The van der Waals surface area contributed by atoms with Crippen molar-refractivity contribution >= 4 is 34.8 Å². The second-order valence-electron chi connectivity index (χ2n) is 8.98. The smallest absolute Gasteiger partial charge is 0.174 e. The van der Waals surface area contributed by atoms with Crippen LogP contribution in [0.25, 0.3) is 0 Å². The number of hydrogen-bond donors (Lipinski definition) is 1. The number of rotatable bonds is 7. The topological polar surface area (TPSA) is 50.5 Å². The molecule has 0 aliphatic carbocycles. The Balaban J connectivity index is 1.31. The van der Waals surface area contributed by atoms with Gasteiger partial charge in [0.05, 0.1) is 11.7 Å². The maximum absolute atomic E-state index is 6.40. The summed E-state index contributed by atoms with van der Waals surface area (Å²) in [6.07, 6.45) is 1.80. The third-order valence-electron chi connectivity index (χ3n) is 6.32. The van der Waals surface area contributed by atoms with Crippen molar-refractivity contribution in [3.05, 3.63) is 132 Å². The van der Waals surface area contributed by atoms with E-state index in [9.17, 15) is 0 Å². The molecule has 0 spiro atoms. The standard InChI is InChI=1S/C31H25N3O2S2/c1-21-10-14-23(15-11-21)35-24-16-12-22(13-17-24)34-30(29(33-31(34)37)26-9-5-6-20-32-26)27-18-19-28(36-27)38-25-7-3-2-4-8-25/h2-20,29-30H,1H3,(H,33,37)/t29-,30+/m1/s1. The maximum atomic E-state index is 6.40. The van der Waals surface area contributed by atoms with E-state index in [1.165, 1.54) is 5.56 Å². The van der Waals surface area contributed by atoms with Gasteiger partial charge in [-0.3, -0.25) is 4.98 Å². The molecule has 1 aliphatic rings. The van der Waals surface area contributed by atoms with Crippen molar-refractivity contribution in [1.82, 2.24) is 10.3 Å². The molecule has 2 aromatic heterocycles. The Morgan fingerprint density at radius 2 is 1.55 bits per heavy atom. The summed E-state index contributed by atoms with van der Waals surface area (Å²) in [4.78, 5) is 7.84. The summed E-state index contributed by atoms with van der Waals surface area (Å²) in [6.45, 7) is 2.06. The predicted octanol–water partition coefficient (Wildman–Crippen LogP) is 8.10. The molecule has 3 aromatic carbocycles. The third kappa shape index (κ3) is 5.16. The molecule has 0 amide bonds. The Kier molecular flexibility index (Phi) is 6.86. The zero-order valence-electron chi connectivity index (χ0n) is 20.7. The van der Waals surface area contributed by atoms with Gasteiger partial charge in [-0.15, -0.1) is 0 Å². The first-order valence-electron chi connectivity index (χ1n) is 12.3. The van der Waals surface area contributed by atoms with Crippen molar-refractivity contribution in [3.8, 4) is 11.5 Å². The number of anilines is 1. The predicted molar refractivity (Wildman–Crippen MR) is 155 cm³/mol. The molecule has 2 atom stereocenters. The van der Waals surface area contributed by atoms with E-state index in [1.807, 2.05) is 97.1 Å². The van der Waals surface area contributed by atoms with Crippen LogP contribution in [0.5, 0.6) is 11.5 Å². The minimum absolute atomic E-state index is 0.173. The summed E-state index contributed by atoms with van der Waals surface area (Å²) in [5, 5.41) is 4.92. The van der Waals surface area contributed by atoms with Crippen molar-refractivity contribution < 1.29 is 9.15 Å². The van der Waals surface area contributed by atoms with Gasteiger partial charge < -0.3 is 19.4 Å². The first-order chi connectivity index (χ1) is 18.6. The SMILES string of the molecule is Cc1ccc(Oc2ccc(N3C(=S)N[C@H](c4ccccn4)[C@@H]3c3ccc(Sc4ccccc4)o3)cc2)cc1. The molecule has 0 radical (unpaired) electrons. The molecule has 1 aliphatic heterocycles. The quantitative estimate of drug-likeness (QED) is 0.211. The van der Waals surface area contributed by atoms with Gasteiger partial charge in [-0.2, -0.15) is 0 Å². The van der Waals surface area contributed by atoms with E-state index in [1.54, 1.807) is 18.0 Å². The van der Waals surface area contributed by atoms with Crippen molar-refractivity contribution in [2.75, 3.05) is 4.90 Å². The van der Waals surface area contributed by atoms with Crippen LogP contribution >= 0.6 is 24.0 Å². The summed E-state index contributed by atoms with van der Waals surface area (Å²) in [5.41, 5.74) is 3.03. The number of furan rings is 1. The summed E-state index contributed by atoms with van der Waals surface area (Å²) < 4.78 is 12.4. The van der Waals surface area contributed by atoms with Crippen LogP contribution in [-0.4, -0.2) is 10.1 Å². The number of pyridine rings is 1. The maximum Gasteiger partial charge on any atom is 0.174 e. The summed E-state index contributed by atoms with van der Waals surface area (Å²) >= 11 is 7.44. The van der Waals surface area contributed by atoms with E-state index in [0.717, 1.165) is 38.6 Å². The molecule has 188 valence electrons. The summed E-state index contributed by atoms with van der Waals surface area (Å²) in [7, 11) is 0. The highest BCUT2D eigenvalue weighted by atomic mass is 32.2. The molecule has 0 saturated carbocycles. The monoisotopic (exact) mass is 535 g/mol. The minimum Gasteiger partial charge on any atom is -0.457 e. The lowest BCUT2D eigenvalue weighted by Gasteiger charge is -2.26. The van der Waals surface area contributed by atoms with Crippen LogP contribution < -0.4 is 15.0 Å². The Hall–Kier alpha value is -4.07. The largest absolute Gasteiger partial charge is 0.457 e. The highest BCUT2D eigenvalue weighted by Crippen LogP contribution is 2.43. The van der Waals surface area contributed by atoms with E-state index in [4.69, 9.17) is 21.4 Å². The average molecular weight is 536 g/mol. The van der Waals surface area contributed by atoms with Crippen molar-refractivity contribution in [3.63, 3.8) is 0 Å². The molecule has 6 rings (SSSR count). The number of nitrogens with zero attached hydrogens (tertiary/aromatic N) is 2. The van der Waals surface area contributed by atoms with Crippen LogP contribution in [0.4, 0.5) is 5.69 Å². The third-order valence-corrected chi connectivity index (χ3v) is 7.57. The van der Waals surface area contributed by atoms with Gasteiger partial charge in [-0.05, 0) is 91.9 Å². The van der Waals surface area contributed by atoms with Gasteiger partial charge in [0.15, 0.2) is 10.2 Å². The molecule has 5 nitrogen and oxygen atoms in total. The normalized spacial score (nSPS) is 16.9. The van der Waals surface area contributed by atoms with Gasteiger partial charge in [0.2, 0.25) is 0 Å². The second-order valence-corrected chi connectivity index (χ2v) is 10.4. The van der Waals surface area contributed by atoms with Gasteiger partial charge in [-0.1, -0.05) is 53.7 Å². The molecule has 1 saturated heterocycles. The molecular formula is C31H25N3O2S2. The minimum atomic E-state index is -0.216. The lowest BCUT2D eigenvalue weighted by Crippen LogP contribution is -2.29. The zero-order valence-corrected chi connectivity index (χ0v) is 22.3. The van der Waals surface area contributed by atoms with E-state index in [2.05, 4.69) is 34.3 Å². The van der Waals surface area contributed by atoms with Gasteiger partial charge in [0, 0.05) is 16.8 Å². The van der Waals surface area contributed by atoms with Crippen LogP contribution in [0.15, 0.2) is 130 Å². The van der Waals surface area contributed by atoms with E-state index in [0.29, 0.717) is 5.11 Å². The average Bonchev–Trinajstić information content (AvgIpc) is 3.55. The van der Waals surface area contributed by atoms with Gasteiger partial charge in [-0.25, -0.2) is 0 Å². The highest BCUT2D eigenvalue weighted by Gasteiger charge is 2.42. The summed E-state index contributed by atoms with van der Waals surface area (Å²) in [6, 6.07) is 35.7. The molecule has 7 heteroatoms. The van der Waals surface area contributed by atoms with Gasteiger partial charge >= 0.3 is 0 Å². The van der Waals surface area contributed by atoms with Crippen LogP contribution in [0.1, 0.15) is 29.1 Å². The highest BCUT2D eigenvalue weighted by molar-refractivity contribution is 7.99. The zero-order chi connectivity index (χ0) is 25.9. The van der Waals surface area contributed by atoms with Crippen LogP contribution in [-0.2, 0) is 0 Å². The Labute approximate surface area is 231 Å². The van der Waals surface area contributed by atoms with Gasteiger partial charge in [0.1, 0.15) is 23.3 Å². The first kappa shape index (κ1) is 24.3. The molecule has 5 aromatic rings. The van der Waals surface area contributed by atoms with Crippen molar-refractivity contribution in [2.45, 2.75) is 29.0 Å². The number of aryl methyl sites for hydroxylation is 1. The number of aromatic nitrogens is 1. The van der Waals surface area contributed by atoms with Crippen molar-refractivity contribution in [2.24, 2.45) is 0 Å². The number of benzene rings is 3. The lowest BCUT2D eigenvalue weighted by atomic mass is 10.0. The second kappa shape index (κ2) is 10.7. The summed E-state index contributed by atoms with van der Waals surface area (Å²) in [5.74, 6) is 2.37. The fourth-order valence-electron chi connectivity index (χ4n) is 4.49. The molecule has 0 unspecified atom stereocenters. The molecular weight excluding hydrogens is 510 g/mol. The fourth-order valence-corrected chi connectivity index (χ4v) is 5.64. The van der Waals surface area contributed by atoms with E-state index >= 15 is 0 Å². The Morgan fingerprint density at radius 3 is 2.26 bits per heavy atom. The van der Waals surface area contributed by atoms with Crippen molar-refractivity contribution in [1.29, 1.82) is 0 Å². The molecule has 3 heterocycles. The number of ether oxygens (including phenoxy) is 1. The Morgan fingerprint density at radius 1 is 0.842 bits per heavy atom. The van der Waals surface area contributed by atoms with E-state index in [-0.39, 0.29) is 12.1 Å². The molecule has 38 heavy (non-hydrogen) atoms. The van der Waals surface area contributed by atoms with Gasteiger partial charge in [0.25, 0.3) is 0 Å².